The molecule has 0 aromatic heterocycles. The Labute approximate surface area is 165 Å². The Bertz CT molecular complexity index is 965. The number of nitrogens with one attached hydrogen (secondary N) is 1. The number of benzene rings is 2. The molecule has 0 radical (unpaired) electrons. The van der Waals surface area contributed by atoms with Crippen LogP contribution in [0.25, 0.3) is 6.08 Å². The maximum atomic E-state index is 12.4. The van der Waals surface area contributed by atoms with Crippen LogP contribution in [0, 0.1) is 11.3 Å². The summed E-state index contributed by atoms with van der Waals surface area (Å²) in [5.74, 6) is -0.623. The van der Waals surface area contributed by atoms with Crippen LogP contribution in [-0.2, 0) is 9.59 Å². The van der Waals surface area contributed by atoms with E-state index in [0.29, 0.717) is 10.6 Å². The average molecular weight is 405 g/mol. The molecule has 2 rings (SSSR count). The van der Waals surface area contributed by atoms with Crippen LogP contribution in [0.15, 0.2) is 42.0 Å². The van der Waals surface area contributed by atoms with Crippen LogP contribution < -0.4 is 14.8 Å². The van der Waals surface area contributed by atoms with E-state index in [1.165, 1.54) is 44.4 Å². The highest BCUT2D eigenvalue weighted by atomic mass is 35.5. The number of esters is 1. The molecule has 2 aromatic carbocycles. The van der Waals surface area contributed by atoms with Crippen LogP contribution in [0.2, 0.25) is 10.0 Å². The molecule has 138 valence electrons. The van der Waals surface area contributed by atoms with Gasteiger partial charge in [0.05, 0.1) is 17.8 Å². The topological polar surface area (TPSA) is 88.4 Å². The lowest BCUT2D eigenvalue weighted by molar-refractivity contribution is -0.132. The van der Waals surface area contributed by atoms with Gasteiger partial charge in [0, 0.05) is 11.9 Å². The highest BCUT2D eigenvalue weighted by molar-refractivity contribution is 6.36. The lowest BCUT2D eigenvalue weighted by Gasteiger charge is -2.09. The molecule has 0 unspecified atom stereocenters. The number of hydrogen-bond donors (Lipinski definition) is 1. The van der Waals surface area contributed by atoms with Crippen molar-refractivity contribution in [3.05, 3.63) is 57.6 Å². The largest absolute Gasteiger partial charge is 0.493 e. The van der Waals surface area contributed by atoms with Crippen molar-refractivity contribution in [3.63, 3.8) is 0 Å². The van der Waals surface area contributed by atoms with E-state index in [0.717, 1.165) is 0 Å². The first kappa shape index (κ1) is 20.3. The summed E-state index contributed by atoms with van der Waals surface area (Å²) in [7, 11) is 1.41. The van der Waals surface area contributed by atoms with E-state index >= 15 is 0 Å². The van der Waals surface area contributed by atoms with Crippen molar-refractivity contribution in [1.82, 2.24) is 0 Å². The van der Waals surface area contributed by atoms with Crippen molar-refractivity contribution in [2.75, 3.05) is 12.4 Å². The second-order valence-corrected chi connectivity index (χ2v) is 6.10. The lowest BCUT2D eigenvalue weighted by atomic mass is 10.1. The lowest BCUT2D eigenvalue weighted by Crippen LogP contribution is -2.13. The highest BCUT2D eigenvalue weighted by Gasteiger charge is 2.13. The number of methoxy groups -OCH3 is 1. The Morgan fingerprint density at radius 2 is 1.89 bits per heavy atom. The van der Waals surface area contributed by atoms with Gasteiger partial charge in [-0.3, -0.25) is 9.59 Å². The monoisotopic (exact) mass is 404 g/mol. The van der Waals surface area contributed by atoms with Crippen molar-refractivity contribution in [2.45, 2.75) is 6.92 Å². The summed E-state index contributed by atoms with van der Waals surface area (Å²) < 4.78 is 10.2. The van der Waals surface area contributed by atoms with Gasteiger partial charge in [0.1, 0.15) is 11.6 Å². The maximum absolute atomic E-state index is 12.4. The Morgan fingerprint density at radius 3 is 2.52 bits per heavy atom. The first-order chi connectivity index (χ1) is 12.8. The zero-order valence-electron chi connectivity index (χ0n) is 14.4. The normalized spacial score (nSPS) is 10.7. The van der Waals surface area contributed by atoms with Crippen LogP contribution in [0.4, 0.5) is 5.69 Å². The Hall–Kier alpha value is -3.01. The van der Waals surface area contributed by atoms with Crippen LogP contribution in [0.3, 0.4) is 0 Å². The number of nitriles is 1. The minimum atomic E-state index is -0.648. The molecule has 8 heteroatoms. The van der Waals surface area contributed by atoms with Gasteiger partial charge in [-0.05, 0) is 42.0 Å². The molecule has 0 aliphatic carbocycles. The van der Waals surface area contributed by atoms with Crippen LogP contribution in [0.1, 0.15) is 12.5 Å². The molecule has 6 nitrogen and oxygen atoms in total. The third kappa shape index (κ3) is 5.48. The van der Waals surface area contributed by atoms with E-state index in [-0.39, 0.29) is 27.8 Å². The fourth-order valence-corrected chi connectivity index (χ4v) is 2.45. The van der Waals surface area contributed by atoms with E-state index in [2.05, 4.69) is 5.32 Å². The molecule has 2 aromatic rings. The van der Waals surface area contributed by atoms with E-state index in [1.54, 1.807) is 12.1 Å². The summed E-state index contributed by atoms with van der Waals surface area (Å²) in [6.07, 6.45) is 1.37. The van der Waals surface area contributed by atoms with Gasteiger partial charge in [-0.1, -0.05) is 29.3 Å². The third-order valence-corrected chi connectivity index (χ3v) is 3.86. The number of carbonyl (C=O) groups is 2. The molecule has 1 N–H and O–H groups in total. The van der Waals surface area contributed by atoms with Crippen molar-refractivity contribution in [3.8, 4) is 17.6 Å². The predicted molar refractivity (Wildman–Crippen MR) is 103 cm³/mol. The number of carbonyl (C=O) groups excluding carboxylic acids is 2. The summed E-state index contributed by atoms with van der Waals surface area (Å²) in [6, 6.07) is 11.1. The van der Waals surface area contributed by atoms with E-state index in [4.69, 9.17) is 32.7 Å². The molecule has 0 aliphatic heterocycles. The Morgan fingerprint density at radius 1 is 1.15 bits per heavy atom. The van der Waals surface area contributed by atoms with Gasteiger partial charge in [-0.25, -0.2) is 0 Å². The summed E-state index contributed by atoms with van der Waals surface area (Å²) in [6.45, 7) is 1.27. The highest BCUT2D eigenvalue weighted by Crippen LogP contribution is 2.29. The van der Waals surface area contributed by atoms with Gasteiger partial charge in [0.2, 0.25) is 0 Å². The SMILES string of the molecule is COc1cc(/C=C(/C#N)C(=O)Nc2cc(Cl)ccc2Cl)ccc1OC(C)=O. The minimum absolute atomic E-state index is 0.159. The molecule has 0 fully saturated rings. The summed E-state index contributed by atoms with van der Waals surface area (Å²) in [5.41, 5.74) is 0.637. The van der Waals surface area contributed by atoms with Gasteiger partial charge in [-0.2, -0.15) is 5.26 Å². The molecule has 0 saturated carbocycles. The van der Waals surface area contributed by atoms with Gasteiger partial charge in [-0.15, -0.1) is 0 Å². The van der Waals surface area contributed by atoms with Crippen molar-refractivity contribution >= 4 is 46.8 Å². The van der Waals surface area contributed by atoms with Crippen molar-refractivity contribution in [1.29, 1.82) is 5.26 Å². The van der Waals surface area contributed by atoms with Gasteiger partial charge in [0.25, 0.3) is 5.91 Å². The summed E-state index contributed by atoms with van der Waals surface area (Å²) >= 11 is 11.9. The van der Waals surface area contributed by atoms with Crippen LogP contribution in [0.5, 0.6) is 11.5 Å². The third-order valence-electron chi connectivity index (χ3n) is 3.29. The van der Waals surface area contributed by atoms with E-state index < -0.39 is 11.9 Å². The average Bonchev–Trinajstić information content (AvgIpc) is 2.63. The fourth-order valence-electron chi connectivity index (χ4n) is 2.11. The number of ether oxygens (including phenoxy) is 2. The number of nitrogens with zero attached hydrogens (tertiary/aromatic N) is 1. The molecule has 0 atom stereocenters. The number of rotatable bonds is 5. The molecule has 0 spiro atoms. The summed E-state index contributed by atoms with van der Waals surface area (Å²) in [4.78, 5) is 23.5. The Kier molecular flexibility index (Phi) is 6.83. The Balaban J connectivity index is 2.29. The van der Waals surface area contributed by atoms with E-state index in [9.17, 15) is 14.9 Å². The van der Waals surface area contributed by atoms with Crippen molar-refractivity contribution < 1.29 is 19.1 Å². The molecule has 0 heterocycles. The molecular formula is C19H14Cl2N2O4. The molecule has 27 heavy (non-hydrogen) atoms. The molecule has 0 saturated heterocycles. The molecule has 1 amide bonds. The van der Waals surface area contributed by atoms with E-state index in [1.807, 2.05) is 6.07 Å². The number of amides is 1. The first-order valence-corrected chi connectivity index (χ1v) is 8.34. The smallest absolute Gasteiger partial charge is 0.308 e. The van der Waals surface area contributed by atoms with Gasteiger partial charge < -0.3 is 14.8 Å². The summed E-state index contributed by atoms with van der Waals surface area (Å²) in [5, 5.41) is 12.5. The van der Waals surface area contributed by atoms with Crippen LogP contribution in [-0.4, -0.2) is 19.0 Å². The van der Waals surface area contributed by atoms with Gasteiger partial charge in [0.15, 0.2) is 11.5 Å². The second-order valence-electron chi connectivity index (χ2n) is 5.25. The van der Waals surface area contributed by atoms with Gasteiger partial charge >= 0.3 is 5.97 Å². The predicted octanol–water partition coefficient (Wildman–Crippen LogP) is 4.47. The molecule has 0 bridgehead atoms. The zero-order valence-corrected chi connectivity index (χ0v) is 15.9. The second kappa shape index (κ2) is 9.08. The molecular weight excluding hydrogens is 391 g/mol. The molecule has 0 aliphatic rings. The van der Waals surface area contributed by atoms with Crippen LogP contribution >= 0.6 is 23.2 Å². The number of anilines is 1. The minimum Gasteiger partial charge on any atom is -0.493 e. The van der Waals surface area contributed by atoms with Crippen molar-refractivity contribution in [2.24, 2.45) is 0 Å². The quantitative estimate of drug-likeness (QED) is 0.343. The zero-order chi connectivity index (χ0) is 20.0. The number of hydrogen-bond acceptors (Lipinski definition) is 5. The number of halogens is 2. The maximum Gasteiger partial charge on any atom is 0.308 e. The fraction of sp³-hybridized carbons (Fsp3) is 0.105. The standard InChI is InChI=1S/C19H14Cl2N2O4/c1-11(24)27-17-6-3-12(8-18(17)26-2)7-13(10-22)19(25)23-16-9-14(20)4-5-15(16)21/h3-9H,1-2H3,(H,23,25)/b13-7-. The first-order valence-electron chi connectivity index (χ1n) is 7.58.